The van der Waals surface area contributed by atoms with Gasteiger partial charge in [-0.1, -0.05) is 18.5 Å². The molecule has 1 amide bonds. The second-order valence-electron chi connectivity index (χ2n) is 5.59. The molecule has 0 aromatic heterocycles. The van der Waals surface area contributed by atoms with Crippen molar-refractivity contribution in [3.63, 3.8) is 0 Å². The molecule has 1 aliphatic heterocycles. The lowest BCUT2D eigenvalue weighted by Crippen LogP contribution is -2.31. The third kappa shape index (κ3) is 4.15. The molecule has 1 aromatic carbocycles. The molecule has 0 spiro atoms. The molecular weight excluding hydrogens is 300 g/mol. The van der Waals surface area contributed by atoms with E-state index in [2.05, 4.69) is 12.2 Å². The van der Waals surface area contributed by atoms with E-state index in [0.29, 0.717) is 22.3 Å². The summed E-state index contributed by atoms with van der Waals surface area (Å²) >= 11 is 6.02. The van der Waals surface area contributed by atoms with E-state index in [1.807, 2.05) is 11.0 Å². The summed E-state index contributed by atoms with van der Waals surface area (Å²) in [4.78, 5) is 14.2. The van der Waals surface area contributed by atoms with Crippen molar-refractivity contribution in [2.24, 2.45) is 5.92 Å². The van der Waals surface area contributed by atoms with Crippen molar-refractivity contribution in [2.75, 3.05) is 24.1 Å². The van der Waals surface area contributed by atoms with Gasteiger partial charge >= 0.3 is 0 Å². The molecule has 1 saturated heterocycles. The van der Waals surface area contributed by atoms with Crippen LogP contribution in [0.3, 0.4) is 0 Å². The number of likely N-dealkylation sites (tertiary alicyclic amines) is 1. The number of hydrogen-bond acceptors (Lipinski definition) is 4. The van der Waals surface area contributed by atoms with E-state index in [1.165, 1.54) is 6.42 Å². The fraction of sp³-hybridized carbons (Fsp3) is 0.375. The van der Waals surface area contributed by atoms with Gasteiger partial charge in [-0.15, -0.1) is 0 Å². The van der Waals surface area contributed by atoms with Gasteiger partial charge in [0, 0.05) is 25.0 Å². The second kappa shape index (κ2) is 7.19. The van der Waals surface area contributed by atoms with Gasteiger partial charge in [-0.25, -0.2) is 0 Å². The molecule has 6 heteroatoms. The predicted molar refractivity (Wildman–Crippen MR) is 88.2 cm³/mol. The van der Waals surface area contributed by atoms with Gasteiger partial charge in [0.15, 0.2) is 0 Å². The van der Waals surface area contributed by atoms with Crippen molar-refractivity contribution in [3.05, 3.63) is 35.0 Å². The van der Waals surface area contributed by atoms with Gasteiger partial charge in [-0.05, 0) is 37.0 Å². The van der Waals surface area contributed by atoms with Crippen molar-refractivity contribution in [1.82, 2.24) is 4.90 Å². The Morgan fingerprint density at radius 1 is 1.59 bits per heavy atom. The summed E-state index contributed by atoms with van der Waals surface area (Å²) < 4.78 is 0. The molecule has 1 unspecified atom stereocenters. The Morgan fingerprint density at radius 3 is 3.00 bits per heavy atom. The van der Waals surface area contributed by atoms with E-state index in [9.17, 15) is 10.1 Å². The highest BCUT2D eigenvalue weighted by molar-refractivity contribution is 6.34. The van der Waals surface area contributed by atoms with Crippen LogP contribution >= 0.6 is 11.6 Å². The summed E-state index contributed by atoms with van der Waals surface area (Å²) in [5.41, 5.74) is 6.64. The maximum atomic E-state index is 12.2. The van der Waals surface area contributed by atoms with Gasteiger partial charge in [0.05, 0.1) is 10.7 Å². The molecule has 0 aliphatic carbocycles. The first kappa shape index (κ1) is 16.2. The van der Waals surface area contributed by atoms with Crippen LogP contribution in [0.1, 0.15) is 19.8 Å². The largest absolute Gasteiger partial charge is 0.399 e. The highest BCUT2D eigenvalue weighted by Gasteiger charge is 2.17. The van der Waals surface area contributed by atoms with E-state index in [-0.39, 0.29) is 5.57 Å². The van der Waals surface area contributed by atoms with Gasteiger partial charge in [-0.2, -0.15) is 5.26 Å². The van der Waals surface area contributed by atoms with Crippen LogP contribution in [0.4, 0.5) is 11.4 Å². The van der Waals surface area contributed by atoms with Crippen molar-refractivity contribution in [2.45, 2.75) is 19.8 Å². The highest BCUT2D eigenvalue weighted by Crippen LogP contribution is 2.24. The first-order chi connectivity index (χ1) is 10.5. The van der Waals surface area contributed by atoms with Crippen molar-refractivity contribution in [3.8, 4) is 6.07 Å². The Hall–Kier alpha value is -2.19. The topological polar surface area (TPSA) is 82.2 Å². The summed E-state index contributed by atoms with van der Waals surface area (Å²) in [6.45, 7) is 3.90. The minimum Gasteiger partial charge on any atom is -0.399 e. The van der Waals surface area contributed by atoms with E-state index >= 15 is 0 Å². The average Bonchev–Trinajstić information content (AvgIpc) is 2.47. The molecule has 5 nitrogen and oxygen atoms in total. The van der Waals surface area contributed by atoms with Gasteiger partial charge in [-0.3, -0.25) is 4.79 Å². The molecule has 0 saturated carbocycles. The highest BCUT2D eigenvalue weighted by atomic mass is 35.5. The number of halogens is 1. The van der Waals surface area contributed by atoms with Crippen LogP contribution in [0.25, 0.3) is 0 Å². The number of benzene rings is 1. The fourth-order valence-corrected chi connectivity index (χ4v) is 2.72. The van der Waals surface area contributed by atoms with Crippen LogP contribution in [0.15, 0.2) is 30.0 Å². The number of carbonyl (C=O) groups is 1. The Kier molecular flexibility index (Phi) is 5.29. The monoisotopic (exact) mass is 318 g/mol. The van der Waals surface area contributed by atoms with Gasteiger partial charge in [0.2, 0.25) is 0 Å². The number of nitrogens with one attached hydrogen (secondary N) is 1. The van der Waals surface area contributed by atoms with E-state index in [4.69, 9.17) is 17.3 Å². The molecule has 2 rings (SSSR count). The zero-order valence-corrected chi connectivity index (χ0v) is 13.2. The van der Waals surface area contributed by atoms with Crippen LogP contribution in [-0.2, 0) is 4.79 Å². The molecule has 116 valence electrons. The Morgan fingerprint density at radius 2 is 2.36 bits per heavy atom. The maximum absolute atomic E-state index is 12.2. The summed E-state index contributed by atoms with van der Waals surface area (Å²) in [6, 6.07) is 6.77. The third-order valence-electron chi connectivity index (χ3n) is 3.61. The van der Waals surface area contributed by atoms with Crippen molar-refractivity contribution >= 4 is 28.9 Å². The number of rotatable bonds is 3. The van der Waals surface area contributed by atoms with Crippen molar-refractivity contribution in [1.29, 1.82) is 5.26 Å². The molecule has 1 aromatic rings. The number of nitrogen functional groups attached to an aromatic ring is 1. The smallest absolute Gasteiger partial charge is 0.267 e. The molecule has 3 N–H and O–H groups in total. The lowest BCUT2D eigenvalue weighted by molar-refractivity contribution is -0.112. The van der Waals surface area contributed by atoms with Crippen LogP contribution in [0.5, 0.6) is 0 Å². The summed E-state index contributed by atoms with van der Waals surface area (Å²) in [5, 5.41) is 12.2. The second-order valence-corrected chi connectivity index (χ2v) is 6.00. The summed E-state index contributed by atoms with van der Waals surface area (Å²) in [6.07, 6.45) is 3.89. The van der Waals surface area contributed by atoms with Gasteiger partial charge < -0.3 is 16.0 Å². The van der Waals surface area contributed by atoms with Crippen molar-refractivity contribution < 1.29 is 4.79 Å². The lowest BCUT2D eigenvalue weighted by Gasteiger charge is -2.29. The average molecular weight is 319 g/mol. The Bertz CT molecular complexity index is 636. The number of piperidine rings is 1. The van der Waals surface area contributed by atoms with E-state index in [0.717, 1.165) is 19.5 Å². The van der Waals surface area contributed by atoms with E-state index in [1.54, 1.807) is 24.4 Å². The number of nitrogens with zero attached hydrogens (tertiary/aromatic N) is 2. The molecule has 0 bridgehead atoms. The molecule has 0 radical (unpaired) electrons. The Labute approximate surface area is 135 Å². The molecule has 1 heterocycles. The summed E-state index contributed by atoms with van der Waals surface area (Å²) in [7, 11) is 0. The predicted octanol–water partition coefficient (Wildman–Crippen LogP) is 3.00. The number of amides is 1. The number of hydrogen-bond donors (Lipinski definition) is 2. The van der Waals surface area contributed by atoms with Crippen LogP contribution in [-0.4, -0.2) is 23.9 Å². The quantitative estimate of drug-likeness (QED) is 0.510. The third-order valence-corrected chi connectivity index (χ3v) is 3.92. The minimum absolute atomic E-state index is 0.0713. The Balaban J connectivity index is 2.10. The van der Waals surface area contributed by atoms with Crippen LogP contribution < -0.4 is 11.1 Å². The maximum Gasteiger partial charge on any atom is 0.267 e. The zero-order valence-electron chi connectivity index (χ0n) is 12.5. The van der Waals surface area contributed by atoms with E-state index < -0.39 is 5.91 Å². The SMILES string of the molecule is CC1CCCN(/C=C(/C#N)C(=O)Nc2ccc(N)cc2Cl)C1. The molecular formula is C16H19ClN4O. The summed E-state index contributed by atoms with van der Waals surface area (Å²) in [5.74, 6) is 0.104. The molecule has 1 aliphatic rings. The fourth-order valence-electron chi connectivity index (χ4n) is 2.49. The normalized spacial score (nSPS) is 18.7. The molecule has 1 atom stereocenters. The lowest BCUT2D eigenvalue weighted by atomic mass is 10.0. The van der Waals surface area contributed by atoms with Gasteiger partial charge in [0.25, 0.3) is 5.91 Å². The standard InChI is InChI=1S/C16H19ClN4O/c1-11-3-2-6-21(9-11)10-12(8-18)16(22)20-15-5-4-13(19)7-14(15)17/h4-5,7,10-11H,2-3,6,9,19H2,1H3,(H,20,22)/b12-10-. The van der Waals surface area contributed by atoms with Gasteiger partial charge in [0.1, 0.15) is 11.6 Å². The number of carbonyl (C=O) groups excluding carboxylic acids is 1. The minimum atomic E-state index is -0.465. The van der Waals surface area contributed by atoms with Crippen LogP contribution in [0, 0.1) is 17.2 Å². The van der Waals surface area contributed by atoms with Crippen LogP contribution in [0.2, 0.25) is 5.02 Å². The number of nitriles is 1. The first-order valence-electron chi connectivity index (χ1n) is 7.22. The first-order valence-corrected chi connectivity index (χ1v) is 7.59. The number of nitrogens with two attached hydrogens (primary N) is 1. The number of anilines is 2. The zero-order chi connectivity index (χ0) is 16.1. The molecule has 1 fully saturated rings. The molecule has 22 heavy (non-hydrogen) atoms.